The molecule has 2 saturated carbocycles. The van der Waals surface area contributed by atoms with E-state index in [0.29, 0.717) is 18.1 Å². The van der Waals surface area contributed by atoms with Crippen molar-refractivity contribution in [1.29, 1.82) is 0 Å². The molecular weight excluding hydrogens is 584 g/mol. The maximum Gasteiger partial charge on any atom is 0.335 e. The standard InChI is InChI=1S/C30H40O14/c1-30-9-8-14-13-5-3-12(41-28-22(35)18(31)20(33)24(43-28)26(37)38)10-11(13)2-4-15(14)16(30)6-7-17(30)42-29-23(36)19(32)21(34)25(44-29)27(39)40/h3,5,10,14-25,28-29,31-36H,2,4,6-9H2,1H3,(H,37,38)(H,39,40)/t14-,15-,16+,17+,18+,19+,20+,21+,22-,23-,24+,25+,28?,29?,30+/m1/s1. The first-order chi connectivity index (χ1) is 20.8. The summed E-state index contributed by atoms with van der Waals surface area (Å²) in [5.41, 5.74) is 1.96. The maximum absolute atomic E-state index is 11.5. The summed E-state index contributed by atoms with van der Waals surface area (Å²) in [5, 5.41) is 79.9. The zero-order valence-electron chi connectivity index (χ0n) is 24.1. The first-order valence-corrected chi connectivity index (χ1v) is 15.1. The second kappa shape index (κ2) is 11.8. The van der Waals surface area contributed by atoms with Crippen molar-refractivity contribution in [2.75, 3.05) is 0 Å². The summed E-state index contributed by atoms with van der Waals surface area (Å²) < 4.78 is 22.6. The fraction of sp³-hybridized carbons (Fsp3) is 0.733. The number of fused-ring (bicyclic) bond motifs is 5. The largest absolute Gasteiger partial charge is 0.479 e. The van der Waals surface area contributed by atoms with E-state index in [4.69, 9.17) is 18.9 Å². The molecule has 6 rings (SSSR count). The Hall–Kier alpha value is -2.40. The molecule has 14 nitrogen and oxygen atoms in total. The molecule has 15 atom stereocenters. The third-order valence-corrected chi connectivity index (χ3v) is 10.8. The van der Waals surface area contributed by atoms with Crippen molar-refractivity contribution >= 4 is 11.9 Å². The minimum absolute atomic E-state index is 0.263. The van der Waals surface area contributed by atoms with E-state index in [1.807, 2.05) is 12.1 Å². The van der Waals surface area contributed by atoms with Crippen LogP contribution in [-0.4, -0.2) is 120 Å². The number of carbonyl (C=O) groups is 2. The van der Waals surface area contributed by atoms with E-state index in [2.05, 4.69) is 6.92 Å². The molecule has 2 heterocycles. The highest BCUT2D eigenvalue weighted by molar-refractivity contribution is 5.73. The fourth-order valence-electron chi connectivity index (χ4n) is 8.42. The topological polar surface area (TPSA) is 233 Å². The van der Waals surface area contributed by atoms with Crippen LogP contribution in [0, 0.1) is 17.3 Å². The molecule has 1 aromatic rings. The number of rotatable bonds is 6. The number of hydrogen-bond acceptors (Lipinski definition) is 12. The molecule has 8 N–H and O–H groups in total. The highest BCUT2D eigenvalue weighted by Gasteiger charge is 2.57. The molecule has 0 aromatic heterocycles. The van der Waals surface area contributed by atoms with Gasteiger partial charge in [-0.25, -0.2) is 9.59 Å². The Morgan fingerprint density at radius 1 is 0.795 bits per heavy atom. The number of carboxylic acids is 2. The van der Waals surface area contributed by atoms with Crippen LogP contribution in [0.2, 0.25) is 0 Å². The quantitative estimate of drug-likeness (QED) is 0.192. The van der Waals surface area contributed by atoms with E-state index >= 15 is 0 Å². The zero-order chi connectivity index (χ0) is 31.7. The molecule has 0 amide bonds. The smallest absolute Gasteiger partial charge is 0.335 e. The molecule has 2 saturated heterocycles. The molecule has 4 fully saturated rings. The number of aliphatic hydroxyl groups is 6. The SMILES string of the molecule is C[C@]12CC[C@@H]3c4ccc(OC5O[C@H](C(=O)O)[C@@H](O)[C@H](O)[C@H]5O)cc4CC[C@H]3[C@@H]1CC[C@@H]2OC1O[C@H](C(=O)O)[C@@H](O)[C@H](O)[C@H]1O. The predicted molar refractivity (Wildman–Crippen MR) is 145 cm³/mol. The van der Waals surface area contributed by atoms with Crippen LogP contribution in [0.15, 0.2) is 18.2 Å². The Bertz CT molecular complexity index is 1260. The predicted octanol–water partition coefficient (Wildman–Crippen LogP) is -0.909. The van der Waals surface area contributed by atoms with Crippen LogP contribution in [0.4, 0.5) is 0 Å². The van der Waals surface area contributed by atoms with Crippen LogP contribution in [-0.2, 0) is 30.2 Å². The van der Waals surface area contributed by atoms with Crippen LogP contribution in [0.25, 0.3) is 0 Å². The van der Waals surface area contributed by atoms with Gasteiger partial charge in [0.25, 0.3) is 0 Å². The average Bonchev–Trinajstić information content (AvgIpc) is 3.32. The summed E-state index contributed by atoms with van der Waals surface area (Å²) in [6.45, 7) is 2.15. The van der Waals surface area contributed by atoms with Gasteiger partial charge in [-0.1, -0.05) is 13.0 Å². The van der Waals surface area contributed by atoms with Gasteiger partial charge >= 0.3 is 11.9 Å². The van der Waals surface area contributed by atoms with Crippen LogP contribution in [0.3, 0.4) is 0 Å². The van der Waals surface area contributed by atoms with E-state index in [9.17, 15) is 50.4 Å². The van der Waals surface area contributed by atoms with Crippen LogP contribution in [0.5, 0.6) is 5.75 Å². The van der Waals surface area contributed by atoms with Gasteiger partial charge in [0.15, 0.2) is 18.5 Å². The first-order valence-electron chi connectivity index (χ1n) is 15.1. The molecule has 1 aromatic carbocycles. The lowest BCUT2D eigenvalue weighted by Gasteiger charge is -2.51. The Labute approximate surface area is 252 Å². The van der Waals surface area contributed by atoms with Gasteiger partial charge in [0, 0.05) is 0 Å². The van der Waals surface area contributed by atoms with E-state index in [0.717, 1.165) is 37.7 Å². The highest BCUT2D eigenvalue weighted by Crippen LogP contribution is 2.62. The maximum atomic E-state index is 11.5. The summed E-state index contributed by atoms with van der Waals surface area (Å²) in [5.74, 6) is -1.71. The van der Waals surface area contributed by atoms with Crippen molar-refractivity contribution in [2.24, 2.45) is 17.3 Å². The number of benzene rings is 1. The number of aryl methyl sites for hydroxylation is 1. The second-order valence-corrected chi connectivity index (χ2v) is 13.1. The number of aliphatic hydroxyl groups excluding tert-OH is 6. The van der Waals surface area contributed by atoms with Crippen LogP contribution < -0.4 is 4.74 Å². The lowest BCUT2D eigenvalue weighted by atomic mass is 9.55. The third-order valence-electron chi connectivity index (χ3n) is 10.8. The molecule has 14 heteroatoms. The van der Waals surface area contributed by atoms with Crippen LogP contribution >= 0.6 is 0 Å². The molecule has 0 radical (unpaired) electrons. The Balaban J connectivity index is 1.14. The molecule has 3 aliphatic carbocycles. The van der Waals surface area contributed by atoms with E-state index < -0.39 is 73.4 Å². The number of carboxylic acid groups (broad SMARTS) is 2. The van der Waals surface area contributed by atoms with Gasteiger partial charge in [0.05, 0.1) is 6.10 Å². The highest BCUT2D eigenvalue weighted by atomic mass is 16.7. The van der Waals surface area contributed by atoms with Gasteiger partial charge < -0.3 is 59.8 Å². The summed E-state index contributed by atoms with van der Waals surface area (Å²) in [4.78, 5) is 23.0. The van der Waals surface area contributed by atoms with Crippen molar-refractivity contribution in [1.82, 2.24) is 0 Å². The normalized spacial score (nSPS) is 46.8. The molecule has 2 aliphatic heterocycles. The molecule has 2 unspecified atom stereocenters. The van der Waals surface area contributed by atoms with Crippen molar-refractivity contribution in [3.63, 3.8) is 0 Å². The Morgan fingerprint density at radius 2 is 1.41 bits per heavy atom. The van der Waals surface area contributed by atoms with E-state index in [-0.39, 0.29) is 23.4 Å². The van der Waals surface area contributed by atoms with Gasteiger partial charge in [0.2, 0.25) is 6.29 Å². The number of hydrogen-bond donors (Lipinski definition) is 8. The fourth-order valence-corrected chi connectivity index (χ4v) is 8.42. The second-order valence-electron chi connectivity index (χ2n) is 13.1. The monoisotopic (exact) mass is 624 g/mol. The number of ether oxygens (including phenoxy) is 4. The van der Waals surface area contributed by atoms with E-state index in [1.54, 1.807) is 6.07 Å². The van der Waals surface area contributed by atoms with Crippen molar-refractivity contribution in [3.05, 3.63) is 29.3 Å². The molecule has 244 valence electrons. The first kappa shape index (κ1) is 31.6. The minimum atomic E-state index is -1.80. The van der Waals surface area contributed by atoms with Crippen molar-refractivity contribution in [2.45, 2.75) is 119 Å². The van der Waals surface area contributed by atoms with Gasteiger partial charge in [-0.2, -0.15) is 0 Å². The summed E-state index contributed by atoms with van der Waals surface area (Å²) in [7, 11) is 0. The Morgan fingerprint density at radius 3 is 2.05 bits per heavy atom. The van der Waals surface area contributed by atoms with Gasteiger partial charge in [-0.3, -0.25) is 0 Å². The third kappa shape index (κ3) is 5.19. The van der Waals surface area contributed by atoms with Crippen molar-refractivity contribution in [3.8, 4) is 5.75 Å². The zero-order valence-corrected chi connectivity index (χ0v) is 24.1. The minimum Gasteiger partial charge on any atom is -0.479 e. The molecule has 44 heavy (non-hydrogen) atoms. The number of aliphatic carboxylic acids is 2. The van der Waals surface area contributed by atoms with Gasteiger partial charge in [-0.15, -0.1) is 0 Å². The van der Waals surface area contributed by atoms with Gasteiger partial charge in [0.1, 0.15) is 42.4 Å². The lowest BCUT2D eigenvalue weighted by Crippen LogP contribution is -2.61. The van der Waals surface area contributed by atoms with Crippen molar-refractivity contribution < 1.29 is 69.4 Å². The summed E-state index contributed by atoms with van der Waals surface area (Å²) >= 11 is 0. The lowest BCUT2D eigenvalue weighted by molar-refractivity contribution is -0.312. The molecular formula is C30H40O14. The van der Waals surface area contributed by atoms with Gasteiger partial charge in [-0.05, 0) is 85.0 Å². The molecule has 0 spiro atoms. The average molecular weight is 625 g/mol. The molecule has 5 aliphatic rings. The summed E-state index contributed by atoms with van der Waals surface area (Å²) in [6, 6.07) is 5.52. The van der Waals surface area contributed by atoms with E-state index in [1.165, 1.54) is 5.56 Å². The summed E-state index contributed by atoms with van der Waals surface area (Å²) in [6.07, 6.45) is -12.2. The van der Waals surface area contributed by atoms with Crippen LogP contribution in [0.1, 0.15) is 56.1 Å². The molecule has 0 bridgehead atoms. The Kier molecular flexibility index (Phi) is 8.43.